The van der Waals surface area contributed by atoms with Gasteiger partial charge in [-0.25, -0.2) is 5.43 Å². The summed E-state index contributed by atoms with van der Waals surface area (Å²) in [5.41, 5.74) is 5.79. The second-order valence-corrected chi connectivity index (χ2v) is 5.93. The van der Waals surface area contributed by atoms with Crippen molar-refractivity contribution in [2.24, 2.45) is 5.10 Å². The highest BCUT2D eigenvalue weighted by Crippen LogP contribution is 2.23. The van der Waals surface area contributed by atoms with E-state index >= 15 is 0 Å². The summed E-state index contributed by atoms with van der Waals surface area (Å²) >= 11 is 0. The van der Waals surface area contributed by atoms with Gasteiger partial charge in [0, 0.05) is 6.08 Å². The molecule has 0 radical (unpaired) electrons. The van der Waals surface area contributed by atoms with Crippen LogP contribution in [-0.4, -0.2) is 24.4 Å². The molecule has 0 aromatic heterocycles. The number of allylic oxidation sites excluding steroid dienone is 1. The first-order valence-corrected chi connectivity index (χ1v) is 7.60. The number of hydrazine groups is 2. The van der Waals surface area contributed by atoms with Crippen LogP contribution >= 0.6 is 0 Å². The number of nitrogens with zero attached hydrogens (tertiary/aromatic N) is 2. The van der Waals surface area contributed by atoms with Gasteiger partial charge in [-0.2, -0.15) is 12.8 Å². The standard InChI is InChI=1S/C13H11FN4O3S/c14-13-5-6-15-18(17-13)16-11-3-1-10-8-12(22(19,20)21)4-2-9(10)7-11/h1-8,16-17H,(H,19,20,21). The van der Waals surface area contributed by atoms with Gasteiger partial charge in [0.1, 0.15) is 0 Å². The van der Waals surface area contributed by atoms with Crippen LogP contribution in [0.15, 0.2) is 58.4 Å². The molecule has 3 rings (SSSR count). The van der Waals surface area contributed by atoms with E-state index < -0.39 is 16.1 Å². The van der Waals surface area contributed by atoms with Crippen molar-refractivity contribution in [3.05, 3.63) is 48.4 Å². The Bertz CT molecular complexity index is 895. The van der Waals surface area contributed by atoms with Crippen molar-refractivity contribution in [3.8, 4) is 0 Å². The molecule has 2 aromatic rings. The van der Waals surface area contributed by atoms with Crippen LogP contribution in [0.4, 0.5) is 10.1 Å². The van der Waals surface area contributed by atoms with E-state index in [1.807, 2.05) is 0 Å². The van der Waals surface area contributed by atoms with Crippen molar-refractivity contribution in [1.82, 2.24) is 10.7 Å². The molecule has 7 nitrogen and oxygen atoms in total. The third-order valence-corrected chi connectivity index (χ3v) is 3.81. The highest BCUT2D eigenvalue weighted by molar-refractivity contribution is 7.85. The lowest BCUT2D eigenvalue weighted by atomic mass is 10.1. The van der Waals surface area contributed by atoms with Gasteiger partial charge in [-0.1, -0.05) is 12.1 Å². The highest BCUT2D eigenvalue weighted by atomic mass is 32.2. The quantitative estimate of drug-likeness (QED) is 0.591. The molecule has 0 amide bonds. The first-order chi connectivity index (χ1) is 10.4. The molecule has 1 aliphatic rings. The summed E-state index contributed by atoms with van der Waals surface area (Å²) < 4.78 is 44.3. The van der Waals surface area contributed by atoms with Crippen LogP contribution in [0.1, 0.15) is 0 Å². The molecule has 1 aliphatic heterocycles. The molecule has 0 bridgehead atoms. The van der Waals surface area contributed by atoms with E-state index in [1.54, 1.807) is 24.3 Å². The van der Waals surface area contributed by atoms with E-state index in [0.29, 0.717) is 11.1 Å². The summed E-state index contributed by atoms with van der Waals surface area (Å²) in [5, 5.41) is 6.34. The number of anilines is 1. The van der Waals surface area contributed by atoms with Crippen molar-refractivity contribution in [3.63, 3.8) is 0 Å². The van der Waals surface area contributed by atoms with Crippen molar-refractivity contribution < 1.29 is 17.4 Å². The molecule has 3 N–H and O–H groups in total. The fraction of sp³-hybridized carbons (Fsp3) is 0. The maximum atomic E-state index is 13.0. The Morgan fingerprint density at radius 1 is 1.18 bits per heavy atom. The largest absolute Gasteiger partial charge is 0.294 e. The van der Waals surface area contributed by atoms with Crippen LogP contribution in [0.25, 0.3) is 10.8 Å². The Balaban J connectivity index is 1.88. The summed E-state index contributed by atoms with van der Waals surface area (Å²) in [6.07, 6.45) is 2.47. The maximum absolute atomic E-state index is 13.0. The highest BCUT2D eigenvalue weighted by Gasteiger charge is 2.11. The van der Waals surface area contributed by atoms with Gasteiger partial charge in [0.25, 0.3) is 10.1 Å². The normalized spacial score (nSPS) is 14.6. The van der Waals surface area contributed by atoms with Gasteiger partial charge in [-0.3, -0.25) is 9.98 Å². The van der Waals surface area contributed by atoms with Gasteiger partial charge in [-0.05, 0) is 35.0 Å². The van der Waals surface area contributed by atoms with Crippen molar-refractivity contribution in [2.75, 3.05) is 5.43 Å². The smallest absolute Gasteiger partial charge is 0.282 e. The molecule has 0 fully saturated rings. The van der Waals surface area contributed by atoms with E-state index in [0.717, 1.165) is 10.6 Å². The van der Waals surface area contributed by atoms with Gasteiger partial charge in [0.15, 0.2) is 0 Å². The van der Waals surface area contributed by atoms with Crippen LogP contribution < -0.4 is 10.9 Å². The summed E-state index contributed by atoms with van der Waals surface area (Å²) in [6.45, 7) is 0. The topological polar surface area (TPSA) is 94.0 Å². The molecule has 0 saturated carbocycles. The van der Waals surface area contributed by atoms with Gasteiger partial charge in [0.05, 0.1) is 16.8 Å². The molecular formula is C13H11FN4O3S. The molecule has 9 heteroatoms. The summed E-state index contributed by atoms with van der Waals surface area (Å²) in [7, 11) is -4.23. The number of hydrazone groups is 1. The minimum absolute atomic E-state index is 0.171. The third-order valence-electron chi connectivity index (χ3n) is 2.96. The second kappa shape index (κ2) is 5.28. The number of hydrogen-bond donors (Lipinski definition) is 3. The molecule has 0 aliphatic carbocycles. The fourth-order valence-electron chi connectivity index (χ4n) is 1.97. The summed E-state index contributed by atoms with van der Waals surface area (Å²) in [4.78, 5) is -0.171. The minimum Gasteiger partial charge on any atom is -0.282 e. The zero-order chi connectivity index (χ0) is 15.7. The van der Waals surface area contributed by atoms with Gasteiger partial charge in [-0.15, -0.1) is 10.3 Å². The monoisotopic (exact) mass is 322 g/mol. The predicted molar refractivity (Wildman–Crippen MR) is 80.0 cm³/mol. The lowest BCUT2D eigenvalue weighted by molar-refractivity contribution is 0.239. The second-order valence-electron chi connectivity index (χ2n) is 4.51. The maximum Gasteiger partial charge on any atom is 0.294 e. The molecule has 0 atom stereocenters. The number of fused-ring (bicyclic) bond motifs is 1. The molecule has 1 heterocycles. The summed E-state index contributed by atoms with van der Waals surface area (Å²) in [5.74, 6) is -0.555. The van der Waals surface area contributed by atoms with E-state index in [4.69, 9.17) is 4.55 Å². The van der Waals surface area contributed by atoms with Crippen LogP contribution in [0.2, 0.25) is 0 Å². The molecule has 22 heavy (non-hydrogen) atoms. The lowest BCUT2D eigenvalue weighted by Crippen LogP contribution is -2.38. The van der Waals surface area contributed by atoms with Crippen LogP contribution in [0, 0.1) is 0 Å². The van der Waals surface area contributed by atoms with Gasteiger partial charge >= 0.3 is 0 Å². The summed E-state index contributed by atoms with van der Waals surface area (Å²) in [6, 6.07) is 9.32. The third kappa shape index (κ3) is 3.00. The predicted octanol–water partition coefficient (Wildman–Crippen LogP) is 2.03. The molecule has 114 valence electrons. The first-order valence-electron chi connectivity index (χ1n) is 6.16. The van der Waals surface area contributed by atoms with Crippen LogP contribution in [0.3, 0.4) is 0 Å². The van der Waals surface area contributed by atoms with E-state index in [1.165, 1.54) is 24.4 Å². The number of nitrogens with one attached hydrogen (secondary N) is 2. The molecule has 0 unspecified atom stereocenters. The average Bonchev–Trinajstić information content (AvgIpc) is 2.45. The number of hydrogen-bond acceptors (Lipinski definition) is 6. The van der Waals surface area contributed by atoms with Gasteiger partial charge < -0.3 is 0 Å². The first kappa shape index (κ1) is 14.3. The Morgan fingerprint density at radius 3 is 2.64 bits per heavy atom. The van der Waals surface area contributed by atoms with E-state index in [9.17, 15) is 12.8 Å². The SMILES string of the molecule is O=S(=O)(O)c1ccc2cc(NN3N=CC=C(F)N3)ccc2c1. The zero-order valence-corrected chi connectivity index (χ0v) is 11.9. The average molecular weight is 322 g/mol. The zero-order valence-electron chi connectivity index (χ0n) is 11.1. The Morgan fingerprint density at radius 2 is 1.91 bits per heavy atom. The van der Waals surface area contributed by atoms with Crippen molar-refractivity contribution >= 4 is 32.8 Å². The van der Waals surface area contributed by atoms with Gasteiger partial charge in [0.2, 0.25) is 5.95 Å². The van der Waals surface area contributed by atoms with E-state index in [-0.39, 0.29) is 4.90 Å². The van der Waals surface area contributed by atoms with Crippen molar-refractivity contribution in [2.45, 2.75) is 4.90 Å². The Hall–Kier alpha value is -2.65. The van der Waals surface area contributed by atoms with Crippen LogP contribution in [0.5, 0.6) is 0 Å². The van der Waals surface area contributed by atoms with Crippen molar-refractivity contribution in [1.29, 1.82) is 0 Å². The van der Waals surface area contributed by atoms with Crippen LogP contribution in [-0.2, 0) is 10.1 Å². The molecular weight excluding hydrogens is 311 g/mol. The Kier molecular flexibility index (Phi) is 3.43. The molecule has 0 spiro atoms. The minimum atomic E-state index is -4.23. The Labute approximate surface area is 125 Å². The molecule has 0 saturated heterocycles. The number of benzene rings is 2. The molecule has 2 aromatic carbocycles. The fourth-order valence-corrected chi connectivity index (χ4v) is 2.48. The number of halogens is 1. The van der Waals surface area contributed by atoms with E-state index in [2.05, 4.69) is 16.0 Å². The lowest BCUT2D eigenvalue weighted by Gasteiger charge is -2.22. The number of rotatable bonds is 3.